The number of nitrogens with zero attached hydrogens (tertiary/aromatic N) is 1. The van der Waals surface area contributed by atoms with E-state index in [1.54, 1.807) is 0 Å². The summed E-state index contributed by atoms with van der Waals surface area (Å²) in [5.74, 6) is 5.92. The Morgan fingerprint density at radius 2 is 2.25 bits per heavy atom. The van der Waals surface area contributed by atoms with Crippen molar-refractivity contribution in [1.29, 1.82) is 0 Å². The molecule has 1 aromatic heterocycles. The van der Waals surface area contributed by atoms with Crippen molar-refractivity contribution in [2.24, 2.45) is 0 Å². The lowest BCUT2D eigenvalue weighted by molar-refractivity contribution is 0.112. The topological polar surface area (TPSA) is 22.0 Å². The van der Waals surface area contributed by atoms with Gasteiger partial charge in [0.05, 0.1) is 0 Å². The number of rotatable bonds is 3. The van der Waals surface area contributed by atoms with E-state index in [9.17, 15) is 4.79 Å². The van der Waals surface area contributed by atoms with Crippen LogP contribution in [0.1, 0.15) is 23.7 Å². The van der Waals surface area contributed by atoms with Crippen LogP contribution in [0, 0.1) is 11.8 Å². The fourth-order valence-electron chi connectivity index (χ4n) is 1.77. The molecule has 0 radical (unpaired) electrons. The van der Waals surface area contributed by atoms with E-state index in [-0.39, 0.29) is 0 Å². The number of aldehydes is 1. The Kier molecular flexibility index (Phi) is 3.07. The van der Waals surface area contributed by atoms with Gasteiger partial charge >= 0.3 is 0 Å². The van der Waals surface area contributed by atoms with Crippen molar-refractivity contribution in [3.05, 3.63) is 36.0 Å². The summed E-state index contributed by atoms with van der Waals surface area (Å²) in [4.78, 5) is 10.7. The largest absolute Gasteiger partial charge is 0.347 e. The molecule has 0 unspecified atom stereocenters. The summed E-state index contributed by atoms with van der Waals surface area (Å²) in [5.41, 5.74) is 1.82. The Bertz CT molecular complexity index is 569. The van der Waals surface area contributed by atoms with Crippen molar-refractivity contribution in [3.8, 4) is 11.8 Å². The lowest BCUT2D eigenvalue weighted by Crippen LogP contribution is -1.95. The van der Waals surface area contributed by atoms with Crippen LogP contribution < -0.4 is 0 Å². The van der Waals surface area contributed by atoms with Gasteiger partial charge in [-0.1, -0.05) is 12.1 Å². The van der Waals surface area contributed by atoms with Crippen LogP contribution in [0.25, 0.3) is 10.9 Å². The molecule has 0 spiro atoms. The fourth-order valence-corrected chi connectivity index (χ4v) is 1.77. The standard InChI is InChI=1S/C14H13NO/c1-2-3-4-8-15-9-7-13-6-5-12(11-16)10-14(13)15/h5-7,9-11H,4,8H2,1H3. The van der Waals surface area contributed by atoms with E-state index < -0.39 is 0 Å². The molecule has 0 aliphatic rings. The fraction of sp³-hybridized carbons (Fsp3) is 0.214. The van der Waals surface area contributed by atoms with Crippen LogP contribution in [0.5, 0.6) is 0 Å². The highest BCUT2D eigenvalue weighted by atomic mass is 16.1. The number of carbonyl (C=O) groups excluding carboxylic acids is 1. The first-order valence-electron chi connectivity index (χ1n) is 5.29. The normalized spacial score (nSPS) is 9.81. The molecular weight excluding hydrogens is 198 g/mol. The molecule has 0 saturated heterocycles. The Morgan fingerprint density at radius 3 is 3.00 bits per heavy atom. The molecular formula is C14H13NO. The average Bonchev–Trinajstić information content (AvgIpc) is 2.72. The van der Waals surface area contributed by atoms with Gasteiger partial charge in [-0.25, -0.2) is 0 Å². The minimum absolute atomic E-state index is 0.717. The van der Waals surface area contributed by atoms with Gasteiger partial charge < -0.3 is 4.57 Å². The molecule has 16 heavy (non-hydrogen) atoms. The van der Waals surface area contributed by atoms with E-state index in [0.717, 1.165) is 30.2 Å². The zero-order valence-corrected chi connectivity index (χ0v) is 9.23. The summed E-state index contributed by atoms with van der Waals surface area (Å²) in [7, 11) is 0. The molecule has 2 aromatic rings. The lowest BCUT2D eigenvalue weighted by Gasteiger charge is -2.02. The van der Waals surface area contributed by atoms with Crippen LogP contribution in [0.2, 0.25) is 0 Å². The highest BCUT2D eigenvalue weighted by molar-refractivity contribution is 5.87. The van der Waals surface area contributed by atoms with Gasteiger partial charge in [0.25, 0.3) is 0 Å². The highest BCUT2D eigenvalue weighted by Gasteiger charge is 2.01. The number of benzene rings is 1. The summed E-state index contributed by atoms with van der Waals surface area (Å²) in [6.45, 7) is 2.71. The van der Waals surface area contributed by atoms with Crippen molar-refractivity contribution in [1.82, 2.24) is 4.57 Å². The highest BCUT2D eigenvalue weighted by Crippen LogP contribution is 2.17. The predicted molar refractivity (Wildman–Crippen MR) is 65.4 cm³/mol. The van der Waals surface area contributed by atoms with Crippen LogP contribution in [-0.4, -0.2) is 10.9 Å². The third kappa shape index (κ3) is 1.99. The molecule has 2 heteroatoms. The van der Waals surface area contributed by atoms with Gasteiger partial charge in [-0.3, -0.25) is 4.79 Å². The van der Waals surface area contributed by atoms with E-state index in [0.29, 0.717) is 5.56 Å². The Hall–Kier alpha value is -2.01. The van der Waals surface area contributed by atoms with E-state index in [2.05, 4.69) is 22.5 Å². The third-order valence-electron chi connectivity index (χ3n) is 2.59. The molecule has 2 rings (SSSR count). The third-order valence-corrected chi connectivity index (χ3v) is 2.59. The van der Waals surface area contributed by atoms with Crippen LogP contribution in [0.15, 0.2) is 30.5 Å². The van der Waals surface area contributed by atoms with Crippen LogP contribution in [-0.2, 0) is 6.54 Å². The molecule has 0 amide bonds. The minimum Gasteiger partial charge on any atom is -0.347 e. The molecule has 1 aromatic carbocycles. The van der Waals surface area contributed by atoms with Crippen LogP contribution in [0.3, 0.4) is 0 Å². The number of aromatic nitrogens is 1. The van der Waals surface area contributed by atoms with Gasteiger partial charge in [-0.05, 0) is 24.4 Å². The molecule has 0 atom stereocenters. The van der Waals surface area contributed by atoms with Crippen molar-refractivity contribution < 1.29 is 4.79 Å². The van der Waals surface area contributed by atoms with Crippen molar-refractivity contribution in [2.75, 3.05) is 0 Å². The summed E-state index contributed by atoms with van der Waals surface area (Å²) >= 11 is 0. The van der Waals surface area contributed by atoms with Gasteiger partial charge in [-0.2, -0.15) is 0 Å². The summed E-state index contributed by atoms with van der Waals surface area (Å²) in [6, 6.07) is 7.79. The minimum atomic E-state index is 0.717. The maximum atomic E-state index is 10.7. The smallest absolute Gasteiger partial charge is 0.150 e. The number of hydrogen-bond acceptors (Lipinski definition) is 1. The first-order valence-corrected chi connectivity index (χ1v) is 5.29. The van der Waals surface area contributed by atoms with E-state index in [1.807, 2.05) is 31.3 Å². The summed E-state index contributed by atoms with van der Waals surface area (Å²) in [6.07, 6.45) is 3.75. The second kappa shape index (κ2) is 4.67. The van der Waals surface area contributed by atoms with Crippen molar-refractivity contribution >= 4 is 17.2 Å². The van der Waals surface area contributed by atoms with E-state index in [4.69, 9.17) is 0 Å². The summed E-state index contributed by atoms with van der Waals surface area (Å²) in [5, 5.41) is 1.16. The molecule has 0 N–H and O–H groups in total. The molecule has 0 aliphatic heterocycles. The Balaban J connectivity index is 2.36. The zero-order chi connectivity index (χ0) is 11.4. The number of fused-ring (bicyclic) bond motifs is 1. The molecule has 80 valence electrons. The average molecular weight is 211 g/mol. The quantitative estimate of drug-likeness (QED) is 0.565. The molecule has 0 saturated carbocycles. The van der Waals surface area contributed by atoms with Gasteiger partial charge in [0.2, 0.25) is 0 Å². The maximum Gasteiger partial charge on any atom is 0.150 e. The van der Waals surface area contributed by atoms with Gasteiger partial charge in [-0.15, -0.1) is 11.8 Å². The van der Waals surface area contributed by atoms with Crippen molar-refractivity contribution in [3.63, 3.8) is 0 Å². The molecule has 1 heterocycles. The van der Waals surface area contributed by atoms with E-state index in [1.165, 1.54) is 0 Å². The molecule has 0 fully saturated rings. The predicted octanol–water partition coefficient (Wildman–Crippen LogP) is 2.87. The lowest BCUT2D eigenvalue weighted by atomic mass is 10.2. The summed E-state index contributed by atoms with van der Waals surface area (Å²) < 4.78 is 2.13. The molecule has 0 aliphatic carbocycles. The number of carbonyl (C=O) groups is 1. The number of aryl methyl sites for hydroxylation is 1. The second-order valence-corrected chi connectivity index (χ2v) is 3.62. The second-order valence-electron chi connectivity index (χ2n) is 3.62. The first kappa shape index (κ1) is 10.5. The maximum absolute atomic E-state index is 10.7. The molecule has 0 bridgehead atoms. The Morgan fingerprint density at radius 1 is 1.38 bits per heavy atom. The van der Waals surface area contributed by atoms with Crippen LogP contribution >= 0.6 is 0 Å². The van der Waals surface area contributed by atoms with Gasteiger partial charge in [0.15, 0.2) is 0 Å². The zero-order valence-electron chi connectivity index (χ0n) is 9.23. The first-order chi connectivity index (χ1) is 7.85. The SMILES string of the molecule is CC#CCCn1ccc2ccc(C=O)cc21. The van der Waals surface area contributed by atoms with Gasteiger partial charge in [0, 0.05) is 30.2 Å². The molecule has 2 nitrogen and oxygen atoms in total. The number of hydrogen-bond donors (Lipinski definition) is 0. The monoisotopic (exact) mass is 211 g/mol. The van der Waals surface area contributed by atoms with Crippen molar-refractivity contribution in [2.45, 2.75) is 19.9 Å². The van der Waals surface area contributed by atoms with Gasteiger partial charge in [0.1, 0.15) is 6.29 Å². The van der Waals surface area contributed by atoms with E-state index >= 15 is 0 Å². The Labute approximate surface area is 94.9 Å². The van der Waals surface area contributed by atoms with Crippen LogP contribution in [0.4, 0.5) is 0 Å².